The van der Waals surface area contributed by atoms with Crippen molar-refractivity contribution in [3.8, 4) is 0 Å². The van der Waals surface area contributed by atoms with Crippen LogP contribution in [-0.4, -0.2) is 18.8 Å². The molecule has 0 bridgehead atoms. The number of thiol groups is 1. The van der Waals surface area contributed by atoms with Crippen molar-refractivity contribution in [2.45, 2.75) is 19.3 Å². The van der Waals surface area contributed by atoms with Gasteiger partial charge in [-0.05, 0) is 13.0 Å². The van der Waals surface area contributed by atoms with Crippen LogP contribution in [0.15, 0.2) is 0 Å². The molecule has 2 heteroatoms. The van der Waals surface area contributed by atoms with Crippen LogP contribution < -0.4 is 5.32 Å². The summed E-state index contributed by atoms with van der Waals surface area (Å²) in [7, 11) is 0. The lowest BCUT2D eigenvalue weighted by atomic mass is 10.2. The molecule has 0 unspecified atom stereocenters. The van der Waals surface area contributed by atoms with Gasteiger partial charge in [-0.3, -0.25) is 0 Å². The molecule has 0 aliphatic rings. The largest absolute Gasteiger partial charge is 0.316 e. The predicted octanol–water partition coefficient (Wildman–Crippen LogP) is 1.51. The van der Waals surface area contributed by atoms with Crippen molar-refractivity contribution in [3.05, 3.63) is 6.92 Å². The van der Waals surface area contributed by atoms with E-state index in [-0.39, 0.29) is 0 Å². The molecule has 1 N–H and O–H groups in total. The third-order valence-corrected chi connectivity index (χ3v) is 1.37. The topological polar surface area (TPSA) is 12.0 Å². The summed E-state index contributed by atoms with van der Waals surface area (Å²) in [6.07, 6.45) is 3.54. The number of hydrogen-bond acceptors (Lipinski definition) is 2. The Kier molecular flexibility index (Phi) is 8.60. The molecular formula is C7H16NS. The summed E-state index contributed by atoms with van der Waals surface area (Å²) in [5.74, 6) is 0.935. The van der Waals surface area contributed by atoms with Gasteiger partial charge in [0.15, 0.2) is 0 Å². The van der Waals surface area contributed by atoms with Gasteiger partial charge in [-0.2, -0.15) is 12.6 Å². The van der Waals surface area contributed by atoms with Crippen molar-refractivity contribution in [2.24, 2.45) is 0 Å². The zero-order chi connectivity index (χ0) is 6.95. The SMILES string of the molecule is [CH2]CCCCNCCS. The monoisotopic (exact) mass is 146 g/mol. The van der Waals surface area contributed by atoms with Crippen LogP contribution in [0.1, 0.15) is 19.3 Å². The normalized spacial score (nSPS) is 10.0. The molecule has 0 spiro atoms. The van der Waals surface area contributed by atoms with Crippen LogP contribution >= 0.6 is 12.6 Å². The van der Waals surface area contributed by atoms with Gasteiger partial charge in [-0.25, -0.2) is 0 Å². The van der Waals surface area contributed by atoms with E-state index in [1.807, 2.05) is 0 Å². The molecular weight excluding hydrogens is 130 g/mol. The average molecular weight is 146 g/mol. The maximum Gasteiger partial charge on any atom is 0.00397 e. The highest BCUT2D eigenvalue weighted by molar-refractivity contribution is 7.80. The molecule has 0 aromatic heterocycles. The summed E-state index contributed by atoms with van der Waals surface area (Å²) in [5, 5.41) is 3.27. The van der Waals surface area contributed by atoms with E-state index in [0.29, 0.717) is 0 Å². The fourth-order valence-electron chi connectivity index (χ4n) is 0.631. The number of rotatable bonds is 6. The second kappa shape index (κ2) is 8.31. The van der Waals surface area contributed by atoms with Gasteiger partial charge in [0.1, 0.15) is 0 Å². The zero-order valence-electron chi connectivity index (χ0n) is 5.90. The lowest BCUT2D eigenvalue weighted by molar-refractivity contribution is 0.648. The molecule has 0 aliphatic carbocycles. The quantitative estimate of drug-likeness (QED) is 0.427. The lowest BCUT2D eigenvalue weighted by Gasteiger charge is -1.99. The van der Waals surface area contributed by atoms with Gasteiger partial charge in [0.25, 0.3) is 0 Å². The van der Waals surface area contributed by atoms with E-state index < -0.39 is 0 Å². The Morgan fingerprint density at radius 2 is 2.00 bits per heavy atom. The first-order valence-corrected chi connectivity index (χ1v) is 4.16. The van der Waals surface area contributed by atoms with Crippen molar-refractivity contribution >= 4 is 12.6 Å². The summed E-state index contributed by atoms with van der Waals surface area (Å²) in [6, 6.07) is 0. The van der Waals surface area contributed by atoms with Crippen molar-refractivity contribution in [3.63, 3.8) is 0 Å². The van der Waals surface area contributed by atoms with Gasteiger partial charge < -0.3 is 5.32 Å². The van der Waals surface area contributed by atoms with E-state index in [4.69, 9.17) is 0 Å². The second-order valence-corrected chi connectivity index (χ2v) is 2.48. The highest BCUT2D eigenvalue weighted by Gasteiger charge is 1.83. The maximum absolute atomic E-state index is 4.07. The Morgan fingerprint density at radius 1 is 1.22 bits per heavy atom. The first kappa shape index (κ1) is 9.31. The fraction of sp³-hybridized carbons (Fsp3) is 0.857. The van der Waals surface area contributed by atoms with Gasteiger partial charge in [0.05, 0.1) is 0 Å². The van der Waals surface area contributed by atoms with Crippen molar-refractivity contribution < 1.29 is 0 Å². The lowest BCUT2D eigenvalue weighted by Crippen LogP contribution is -2.17. The summed E-state index contributed by atoms with van der Waals surface area (Å²) in [6.45, 7) is 5.91. The zero-order valence-corrected chi connectivity index (χ0v) is 6.79. The molecule has 0 aromatic carbocycles. The molecule has 0 heterocycles. The van der Waals surface area contributed by atoms with E-state index >= 15 is 0 Å². The van der Waals surface area contributed by atoms with Crippen LogP contribution in [0.5, 0.6) is 0 Å². The molecule has 9 heavy (non-hydrogen) atoms. The minimum atomic E-state index is 0.935. The molecule has 0 amide bonds. The minimum absolute atomic E-state index is 0.935. The number of unbranched alkanes of at least 4 members (excludes halogenated alkanes) is 2. The highest BCUT2D eigenvalue weighted by Crippen LogP contribution is 1.89. The summed E-state index contributed by atoms with van der Waals surface area (Å²) in [4.78, 5) is 0. The third kappa shape index (κ3) is 8.31. The van der Waals surface area contributed by atoms with Gasteiger partial charge >= 0.3 is 0 Å². The Bertz CT molecular complexity index is 42.2. The summed E-state index contributed by atoms with van der Waals surface area (Å²) in [5.41, 5.74) is 0. The van der Waals surface area contributed by atoms with Gasteiger partial charge in [-0.1, -0.05) is 19.8 Å². The Morgan fingerprint density at radius 3 is 2.56 bits per heavy atom. The van der Waals surface area contributed by atoms with E-state index in [9.17, 15) is 0 Å². The van der Waals surface area contributed by atoms with Crippen LogP contribution in [0.25, 0.3) is 0 Å². The molecule has 0 atom stereocenters. The van der Waals surface area contributed by atoms with E-state index in [2.05, 4.69) is 24.9 Å². The minimum Gasteiger partial charge on any atom is -0.316 e. The maximum atomic E-state index is 4.07. The molecule has 0 saturated carbocycles. The molecule has 0 fully saturated rings. The fourth-order valence-corrected chi connectivity index (χ4v) is 0.789. The standard InChI is InChI=1S/C7H16NS/c1-2-3-4-5-8-6-7-9/h8-9H,1-7H2. The van der Waals surface area contributed by atoms with E-state index in [1.54, 1.807) is 0 Å². The van der Waals surface area contributed by atoms with Crippen LogP contribution in [-0.2, 0) is 0 Å². The van der Waals surface area contributed by atoms with Crippen molar-refractivity contribution in [1.29, 1.82) is 0 Å². The summed E-state index contributed by atoms with van der Waals surface area (Å²) >= 11 is 4.07. The van der Waals surface area contributed by atoms with Crippen molar-refractivity contribution in [2.75, 3.05) is 18.8 Å². The first-order chi connectivity index (χ1) is 4.41. The summed E-state index contributed by atoms with van der Waals surface area (Å²) < 4.78 is 0. The third-order valence-electron chi connectivity index (χ3n) is 1.14. The van der Waals surface area contributed by atoms with Crippen LogP contribution in [0.2, 0.25) is 0 Å². The van der Waals surface area contributed by atoms with Crippen LogP contribution in [0.4, 0.5) is 0 Å². The number of hydrogen-bond donors (Lipinski definition) is 2. The van der Waals surface area contributed by atoms with E-state index in [0.717, 1.165) is 25.3 Å². The smallest absolute Gasteiger partial charge is 0.00397 e. The molecule has 0 aromatic rings. The molecule has 55 valence electrons. The molecule has 0 saturated heterocycles. The van der Waals surface area contributed by atoms with Crippen LogP contribution in [0.3, 0.4) is 0 Å². The van der Waals surface area contributed by atoms with Gasteiger partial charge in [0.2, 0.25) is 0 Å². The van der Waals surface area contributed by atoms with Crippen molar-refractivity contribution in [1.82, 2.24) is 5.32 Å². The highest BCUT2D eigenvalue weighted by atomic mass is 32.1. The van der Waals surface area contributed by atoms with Gasteiger partial charge in [-0.15, -0.1) is 0 Å². The van der Waals surface area contributed by atoms with E-state index in [1.165, 1.54) is 12.8 Å². The molecule has 0 aliphatic heterocycles. The molecule has 1 nitrogen and oxygen atoms in total. The predicted molar refractivity (Wildman–Crippen MR) is 45.9 cm³/mol. The molecule has 0 rings (SSSR count). The second-order valence-electron chi connectivity index (χ2n) is 2.03. The number of nitrogens with one attached hydrogen (secondary N) is 1. The first-order valence-electron chi connectivity index (χ1n) is 3.52. The average Bonchev–Trinajstić information content (AvgIpc) is 1.89. The Labute approximate surface area is 63.6 Å². The Hall–Kier alpha value is 0.310. The van der Waals surface area contributed by atoms with Crippen LogP contribution in [0, 0.1) is 6.92 Å². The van der Waals surface area contributed by atoms with Gasteiger partial charge in [0, 0.05) is 12.3 Å². The molecule has 1 radical (unpaired) electrons. The Balaban J connectivity index is 2.60.